The van der Waals surface area contributed by atoms with Gasteiger partial charge in [-0.15, -0.1) is 0 Å². The number of pyridine rings is 1. The molecule has 0 amide bonds. The molecule has 0 unspecified atom stereocenters. The molecule has 1 aliphatic rings. The van der Waals surface area contributed by atoms with Gasteiger partial charge in [-0.3, -0.25) is 0 Å². The van der Waals surface area contributed by atoms with Crippen LogP contribution < -0.4 is 4.90 Å². The minimum atomic E-state index is -0.434. The maximum absolute atomic E-state index is 9.47. The maximum atomic E-state index is 9.47. The van der Waals surface area contributed by atoms with E-state index in [0.29, 0.717) is 12.0 Å². The van der Waals surface area contributed by atoms with Crippen LogP contribution in [0.1, 0.15) is 45.3 Å². The van der Waals surface area contributed by atoms with E-state index in [1.54, 1.807) is 13.1 Å². The van der Waals surface area contributed by atoms with E-state index in [2.05, 4.69) is 23.7 Å². The minimum Gasteiger partial charge on any atom is -0.389 e. The van der Waals surface area contributed by atoms with E-state index in [4.69, 9.17) is 0 Å². The van der Waals surface area contributed by atoms with E-state index < -0.39 is 6.10 Å². The van der Waals surface area contributed by atoms with Gasteiger partial charge in [-0.05, 0) is 37.3 Å². The Hall–Kier alpha value is -1.09. The third-order valence-corrected chi connectivity index (χ3v) is 3.10. The highest BCUT2D eigenvalue weighted by molar-refractivity contribution is 5.42. The first kappa shape index (κ1) is 12.4. The number of aliphatic hydroxyl groups excluding tert-OH is 1. The Morgan fingerprint density at radius 2 is 2.06 bits per heavy atom. The summed E-state index contributed by atoms with van der Waals surface area (Å²) in [6.45, 7) is 7.30. The Morgan fingerprint density at radius 3 is 2.47 bits per heavy atom. The van der Waals surface area contributed by atoms with Crippen molar-refractivity contribution in [2.45, 2.75) is 45.8 Å². The largest absolute Gasteiger partial charge is 0.389 e. The van der Waals surface area contributed by atoms with Crippen LogP contribution in [0.4, 0.5) is 5.82 Å². The van der Waals surface area contributed by atoms with Crippen molar-refractivity contribution in [3.63, 3.8) is 0 Å². The van der Waals surface area contributed by atoms with Crippen LogP contribution >= 0.6 is 0 Å². The number of hydrogen-bond acceptors (Lipinski definition) is 3. The molecule has 1 atom stereocenters. The van der Waals surface area contributed by atoms with Crippen molar-refractivity contribution in [1.29, 1.82) is 0 Å². The summed E-state index contributed by atoms with van der Waals surface area (Å²) in [4.78, 5) is 6.88. The summed E-state index contributed by atoms with van der Waals surface area (Å²) in [6, 6.07) is 4.69. The molecule has 1 aliphatic carbocycles. The van der Waals surface area contributed by atoms with Gasteiger partial charge in [-0.2, -0.15) is 0 Å². The summed E-state index contributed by atoms with van der Waals surface area (Å²) in [5.74, 6) is 1.69. The molecule has 0 saturated heterocycles. The van der Waals surface area contributed by atoms with E-state index in [-0.39, 0.29) is 0 Å². The number of anilines is 1. The third-order valence-electron chi connectivity index (χ3n) is 3.10. The molecule has 1 heterocycles. The number of rotatable bonds is 5. The first-order valence-corrected chi connectivity index (χ1v) is 6.48. The molecular formula is C14H22N2O. The molecule has 0 aromatic carbocycles. The highest BCUT2D eigenvalue weighted by atomic mass is 16.3. The molecule has 3 heteroatoms. The van der Waals surface area contributed by atoms with Gasteiger partial charge in [0.15, 0.2) is 0 Å². The molecule has 1 N–H and O–H groups in total. The quantitative estimate of drug-likeness (QED) is 0.851. The zero-order chi connectivity index (χ0) is 12.4. The van der Waals surface area contributed by atoms with Crippen molar-refractivity contribution in [3.05, 3.63) is 23.9 Å². The van der Waals surface area contributed by atoms with Gasteiger partial charge >= 0.3 is 0 Å². The normalized spacial score (nSPS) is 17.2. The topological polar surface area (TPSA) is 36.4 Å². The van der Waals surface area contributed by atoms with Crippen LogP contribution in [-0.2, 0) is 0 Å². The predicted octanol–water partition coefficient (Wildman–Crippen LogP) is 2.76. The van der Waals surface area contributed by atoms with E-state index >= 15 is 0 Å². The highest BCUT2D eigenvalue weighted by Crippen LogP contribution is 2.31. The molecule has 1 fully saturated rings. The van der Waals surface area contributed by atoms with Crippen LogP contribution in [0.2, 0.25) is 0 Å². The molecule has 1 saturated carbocycles. The second kappa shape index (κ2) is 5.05. The Bertz CT molecular complexity index is 355. The Morgan fingerprint density at radius 1 is 1.35 bits per heavy atom. The SMILES string of the molecule is CC(C)CN(c1ccc([C@H](C)O)cn1)C1CC1. The summed E-state index contributed by atoms with van der Waals surface area (Å²) >= 11 is 0. The van der Waals surface area contributed by atoms with Gasteiger partial charge in [0.25, 0.3) is 0 Å². The fourth-order valence-electron chi connectivity index (χ4n) is 2.02. The highest BCUT2D eigenvalue weighted by Gasteiger charge is 2.30. The van der Waals surface area contributed by atoms with Gasteiger partial charge in [0, 0.05) is 18.8 Å². The van der Waals surface area contributed by atoms with Crippen LogP contribution in [0.25, 0.3) is 0 Å². The molecule has 2 rings (SSSR count). The molecule has 3 nitrogen and oxygen atoms in total. The first-order valence-electron chi connectivity index (χ1n) is 6.48. The molecule has 94 valence electrons. The van der Waals surface area contributed by atoms with Gasteiger partial charge in [0.05, 0.1) is 6.10 Å². The van der Waals surface area contributed by atoms with Gasteiger partial charge in [-0.25, -0.2) is 4.98 Å². The molecule has 1 aromatic heterocycles. The summed E-state index contributed by atoms with van der Waals surface area (Å²) in [5, 5.41) is 9.47. The molecule has 0 aliphatic heterocycles. The summed E-state index contributed by atoms with van der Waals surface area (Å²) in [5.41, 5.74) is 0.883. The van der Waals surface area contributed by atoms with Gasteiger partial charge in [0.2, 0.25) is 0 Å². The van der Waals surface area contributed by atoms with E-state index in [9.17, 15) is 5.11 Å². The van der Waals surface area contributed by atoms with Crippen molar-refractivity contribution in [1.82, 2.24) is 4.98 Å². The summed E-state index contributed by atoms with van der Waals surface area (Å²) in [6.07, 6.45) is 3.92. The average molecular weight is 234 g/mol. The lowest BCUT2D eigenvalue weighted by atomic mass is 10.1. The average Bonchev–Trinajstić information content (AvgIpc) is 3.09. The number of aromatic nitrogens is 1. The summed E-state index contributed by atoms with van der Waals surface area (Å²) in [7, 11) is 0. The molecular weight excluding hydrogens is 212 g/mol. The van der Waals surface area contributed by atoms with E-state index in [0.717, 1.165) is 17.9 Å². The Kier molecular flexibility index (Phi) is 3.67. The van der Waals surface area contributed by atoms with Gasteiger partial charge in [0.1, 0.15) is 5.82 Å². The van der Waals surface area contributed by atoms with Crippen LogP contribution in [0.3, 0.4) is 0 Å². The fourth-order valence-corrected chi connectivity index (χ4v) is 2.02. The Labute approximate surface area is 103 Å². The van der Waals surface area contributed by atoms with Crippen molar-refractivity contribution >= 4 is 5.82 Å². The number of hydrogen-bond donors (Lipinski definition) is 1. The van der Waals surface area contributed by atoms with Crippen LogP contribution in [0.5, 0.6) is 0 Å². The van der Waals surface area contributed by atoms with Crippen molar-refractivity contribution in [2.24, 2.45) is 5.92 Å². The molecule has 17 heavy (non-hydrogen) atoms. The van der Waals surface area contributed by atoms with Gasteiger partial charge in [-0.1, -0.05) is 19.9 Å². The lowest BCUT2D eigenvalue weighted by Crippen LogP contribution is -2.30. The molecule has 1 aromatic rings. The minimum absolute atomic E-state index is 0.434. The standard InChI is InChI=1S/C14H22N2O/c1-10(2)9-16(13-5-6-13)14-7-4-12(8-15-14)11(3)17/h4,7-8,10-11,13,17H,5-6,9H2,1-3H3/t11-/m0/s1. The zero-order valence-corrected chi connectivity index (χ0v) is 10.9. The predicted molar refractivity (Wildman–Crippen MR) is 70.1 cm³/mol. The smallest absolute Gasteiger partial charge is 0.128 e. The zero-order valence-electron chi connectivity index (χ0n) is 10.9. The first-order chi connectivity index (χ1) is 8.08. The molecule has 0 radical (unpaired) electrons. The fraction of sp³-hybridized carbons (Fsp3) is 0.643. The van der Waals surface area contributed by atoms with Crippen LogP contribution in [0.15, 0.2) is 18.3 Å². The van der Waals surface area contributed by atoms with E-state index in [1.807, 2.05) is 12.1 Å². The lowest BCUT2D eigenvalue weighted by molar-refractivity contribution is 0.199. The number of aliphatic hydroxyl groups is 1. The Balaban J connectivity index is 2.12. The van der Waals surface area contributed by atoms with Gasteiger partial charge < -0.3 is 10.0 Å². The van der Waals surface area contributed by atoms with Crippen molar-refractivity contribution in [3.8, 4) is 0 Å². The van der Waals surface area contributed by atoms with Crippen molar-refractivity contribution < 1.29 is 5.11 Å². The second-order valence-electron chi connectivity index (χ2n) is 5.40. The monoisotopic (exact) mass is 234 g/mol. The molecule has 0 bridgehead atoms. The van der Waals surface area contributed by atoms with E-state index in [1.165, 1.54) is 12.8 Å². The van der Waals surface area contributed by atoms with Crippen LogP contribution in [-0.4, -0.2) is 22.7 Å². The summed E-state index contributed by atoms with van der Waals surface area (Å²) < 4.78 is 0. The number of nitrogens with zero attached hydrogens (tertiary/aromatic N) is 2. The molecule has 0 spiro atoms. The maximum Gasteiger partial charge on any atom is 0.128 e. The lowest BCUT2D eigenvalue weighted by Gasteiger charge is -2.25. The van der Waals surface area contributed by atoms with Crippen molar-refractivity contribution in [2.75, 3.05) is 11.4 Å². The second-order valence-corrected chi connectivity index (χ2v) is 5.40. The van der Waals surface area contributed by atoms with Crippen LogP contribution in [0, 0.1) is 5.92 Å². The third kappa shape index (κ3) is 3.19.